The van der Waals surface area contributed by atoms with Gasteiger partial charge in [0.2, 0.25) is 0 Å². The van der Waals surface area contributed by atoms with Crippen molar-refractivity contribution in [2.24, 2.45) is 5.73 Å². The van der Waals surface area contributed by atoms with Crippen LogP contribution in [0.2, 0.25) is 0 Å². The summed E-state index contributed by atoms with van der Waals surface area (Å²) in [6, 6.07) is 2.99. The smallest absolute Gasteiger partial charge is 0.137 e. The molecule has 3 nitrogen and oxygen atoms in total. The van der Waals surface area contributed by atoms with Gasteiger partial charge in [-0.3, -0.25) is 4.98 Å². The van der Waals surface area contributed by atoms with Gasteiger partial charge in [-0.05, 0) is 23.8 Å². The molecule has 0 aliphatic rings. The SMILES string of the molecule is COc1cncc(C(N)c2c(F)cc(Br)cc2F)c1. The van der Waals surface area contributed by atoms with E-state index in [1.165, 1.54) is 31.6 Å². The van der Waals surface area contributed by atoms with Crippen molar-refractivity contribution in [1.82, 2.24) is 4.98 Å². The fraction of sp³-hybridized carbons (Fsp3) is 0.154. The summed E-state index contributed by atoms with van der Waals surface area (Å²) in [4.78, 5) is 3.92. The number of benzene rings is 1. The van der Waals surface area contributed by atoms with Gasteiger partial charge in [0.25, 0.3) is 0 Å². The molecule has 6 heteroatoms. The molecule has 0 radical (unpaired) electrons. The largest absolute Gasteiger partial charge is 0.495 e. The second-order valence-electron chi connectivity index (χ2n) is 3.92. The quantitative estimate of drug-likeness (QED) is 0.941. The van der Waals surface area contributed by atoms with E-state index in [0.717, 1.165) is 0 Å². The number of hydrogen-bond acceptors (Lipinski definition) is 3. The van der Waals surface area contributed by atoms with Crippen molar-refractivity contribution in [3.05, 3.63) is 57.8 Å². The summed E-state index contributed by atoms with van der Waals surface area (Å²) in [6.07, 6.45) is 2.94. The Bertz CT molecular complexity index is 584. The Hall–Kier alpha value is -1.53. The predicted octanol–water partition coefficient (Wildman–Crippen LogP) is 3.18. The Kier molecular flexibility index (Phi) is 4.11. The van der Waals surface area contributed by atoms with Gasteiger partial charge in [0.15, 0.2) is 0 Å². The van der Waals surface area contributed by atoms with Crippen molar-refractivity contribution in [2.75, 3.05) is 7.11 Å². The van der Waals surface area contributed by atoms with Gasteiger partial charge in [0, 0.05) is 16.2 Å². The van der Waals surface area contributed by atoms with E-state index in [4.69, 9.17) is 10.5 Å². The fourth-order valence-electron chi connectivity index (χ4n) is 1.73. The molecule has 2 rings (SSSR count). The maximum atomic E-state index is 13.8. The zero-order valence-electron chi connectivity index (χ0n) is 10.0. The number of nitrogens with two attached hydrogens (primary N) is 1. The zero-order chi connectivity index (χ0) is 14.0. The molecule has 0 saturated heterocycles. The monoisotopic (exact) mass is 328 g/mol. The average Bonchev–Trinajstić information content (AvgIpc) is 2.37. The molecular formula is C13H11BrF2N2O. The molecule has 1 unspecified atom stereocenters. The number of aromatic nitrogens is 1. The summed E-state index contributed by atoms with van der Waals surface area (Å²) in [6.45, 7) is 0. The standard InChI is InChI=1S/C13H11BrF2N2O/c1-19-9-2-7(5-18-6-9)13(17)12-10(15)3-8(14)4-11(12)16/h2-6,13H,17H2,1H3. The van der Waals surface area contributed by atoms with Crippen LogP contribution in [0.15, 0.2) is 35.1 Å². The summed E-state index contributed by atoms with van der Waals surface area (Å²) in [5.41, 5.74) is 6.18. The van der Waals surface area contributed by atoms with Crippen LogP contribution in [-0.2, 0) is 0 Å². The van der Waals surface area contributed by atoms with Crippen molar-refractivity contribution < 1.29 is 13.5 Å². The first-order valence-electron chi connectivity index (χ1n) is 5.42. The lowest BCUT2D eigenvalue weighted by molar-refractivity contribution is 0.412. The lowest BCUT2D eigenvalue weighted by atomic mass is 10.00. The first kappa shape index (κ1) is 13.9. The molecular weight excluding hydrogens is 318 g/mol. The van der Waals surface area contributed by atoms with Crippen LogP contribution in [0.5, 0.6) is 5.75 Å². The normalized spacial score (nSPS) is 12.3. The highest BCUT2D eigenvalue weighted by Crippen LogP contribution is 2.28. The second-order valence-corrected chi connectivity index (χ2v) is 4.83. The van der Waals surface area contributed by atoms with Crippen molar-refractivity contribution in [3.63, 3.8) is 0 Å². The maximum Gasteiger partial charge on any atom is 0.137 e. The van der Waals surface area contributed by atoms with Crippen LogP contribution in [0.4, 0.5) is 8.78 Å². The highest BCUT2D eigenvalue weighted by atomic mass is 79.9. The van der Waals surface area contributed by atoms with E-state index < -0.39 is 17.7 Å². The molecule has 0 aliphatic carbocycles. The Labute approximate surface area is 117 Å². The number of hydrogen-bond donors (Lipinski definition) is 1. The minimum Gasteiger partial charge on any atom is -0.495 e. The third-order valence-electron chi connectivity index (χ3n) is 2.68. The van der Waals surface area contributed by atoms with Crippen molar-refractivity contribution in [3.8, 4) is 5.75 Å². The van der Waals surface area contributed by atoms with Gasteiger partial charge in [0.1, 0.15) is 17.4 Å². The van der Waals surface area contributed by atoms with Crippen LogP contribution in [0.25, 0.3) is 0 Å². The number of methoxy groups -OCH3 is 1. The van der Waals surface area contributed by atoms with E-state index in [0.29, 0.717) is 15.8 Å². The summed E-state index contributed by atoms with van der Waals surface area (Å²) < 4.78 is 33.0. The molecule has 2 aromatic rings. The third-order valence-corrected chi connectivity index (χ3v) is 3.14. The van der Waals surface area contributed by atoms with Gasteiger partial charge in [-0.15, -0.1) is 0 Å². The number of ether oxygens (including phenoxy) is 1. The maximum absolute atomic E-state index is 13.8. The minimum atomic E-state index is -0.948. The highest BCUT2D eigenvalue weighted by molar-refractivity contribution is 9.10. The Balaban J connectivity index is 2.46. The van der Waals surface area contributed by atoms with Gasteiger partial charge < -0.3 is 10.5 Å². The van der Waals surface area contributed by atoms with E-state index in [1.54, 1.807) is 6.07 Å². The molecule has 0 aliphatic heterocycles. The van der Waals surface area contributed by atoms with Crippen molar-refractivity contribution in [1.29, 1.82) is 0 Å². The van der Waals surface area contributed by atoms with Crippen molar-refractivity contribution >= 4 is 15.9 Å². The fourth-order valence-corrected chi connectivity index (χ4v) is 2.14. The van der Waals surface area contributed by atoms with Crippen LogP contribution >= 0.6 is 15.9 Å². The second kappa shape index (κ2) is 5.63. The van der Waals surface area contributed by atoms with Gasteiger partial charge in [-0.2, -0.15) is 0 Å². The van der Waals surface area contributed by atoms with Gasteiger partial charge in [-0.25, -0.2) is 8.78 Å². The highest BCUT2D eigenvalue weighted by Gasteiger charge is 2.20. The van der Waals surface area contributed by atoms with Crippen LogP contribution in [-0.4, -0.2) is 12.1 Å². The molecule has 2 N–H and O–H groups in total. The average molecular weight is 329 g/mol. The topological polar surface area (TPSA) is 48.1 Å². The number of nitrogens with zero attached hydrogens (tertiary/aromatic N) is 1. The first-order chi connectivity index (χ1) is 9.02. The molecule has 0 bridgehead atoms. The molecule has 1 atom stereocenters. The molecule has 1 heterocycles. The summed E-state index contributed by atoms with van der Waals surface area (Å²) >= 11 is 3.02. The summed E-state index contributed by atoms with van der Waals surface area (Å²) in [7, 11) is 1.48. The third kappa shape index (κ3) is 2.90. The molecule has 0 amide bonds. The van der Waals surface area contributed by atoms with E-state index >= 15 is 0 Å². The molecule has 19 heavy (non-hydrogen) atoms. The predicted molar refractivity (Wildman–Crippen MR) is 70.9 cm³/mol. The van der Waals surface area contributed by atoms with E-state index in [2.05, 4.69) is 20.9 Å². The number of halogens is 3. The van der Waals surface area contributed by atoms with Gasteiger partial charge in [0.05, 0.1) is 19.3 Å². The van der Waals surface area contributed by atoms with E-state index in [-0.39, 0.29) is 5.56 Å². The summed E-state index contributed by atoms with van der Waals surface area (Å²) in [5.74, 6) is -0.935. The Morgan fingerprint density at radius 3 is 2.42 bits per heavy atom. The zero-order valence-corrected chi connectivity index (χ0v) is 11.6. The first-order valence-corrected chi connectivity index (χ1v) is 6.21. The van der Waals surface area contributed by atoms with E-state index in [1.807, 2.05) is 0 Å². The molecule has 100 valence electrons. The van der Waals surface area contributed by atoms with E-state index in [9.17, 15) is 8.78 Å². The van der Waals surface area contributed by atoms with Gasteiger partial charge >= 0.3 is 0 Å². The van der Waals surface area contributed by atoms with Crippen LogP contribution in [0, 0.1) is 11.6 Å². The van der Waals surface area contributed by atoms with Crippen LogP contribution in [0.3, 0.4) is 0 Å². The lowest BCUT2D eigenvalue weighted by Gasteiger charge is -2.15. The molecule has 0 spiro atoms. The van der Waals surface area contributed by atoms with Gasteiger partial charge in [-0.1, -0.05) is 15.9 Å². The lowest BCUT2D eigenvalue weighted by Crippen LogP contribution is -2.16. The molecule has 0 fully saturated rings. The Morgan fingerprint density at radius 1 is 1.21 bits per heavy atom. The van der Waals surface area contributed by atoms with Crippen LogP contribution in [0.1, 0.15) is 17.2 Å². The molecule has 1 aromatic carbocycles. The number of pyridine rings is 1. The Morgan fingerprint density at radius 2 is 1.84 bits per heavy atom. The number of rotatable bonds is 3. The van der Waals surface area contributed by atoms with Crippen LogP contribution < -0.4 is 10.5 Å². The minimum absolute atomic E-state index is 0.196. The molecule has 0 saturated carbocycles. The molecule has 1 aromatic heterocycles. The van der Waals surface area contributed by atoms with Crippen molar-refractivity contribution in [2.45, 2.75) is 6.04 Å². The summed E-state index contributed by atoms with van der Waals surface area (Å²) in [5, 5.41) is 0.